The Bertz CT molecular complexity index is 1100. The molecular weight excluding hydrogens is 709 g/mol. The molecule has 0 aliphatic carbocycles. The normalized spacial score (nSPS) is 12.7. The number of esters is 3. The number of unbranched alkanes of at least 4 members (excludes halogenated alkanes) is 18. The summed E-state index contributed by atoms with van der Waals surface area (Å²) in [4.78, 5) is 37.7. The van der Waals surface area contributed by atoms with Crippen molar-refractivity contribution in [3.63, 3.8) is 0 Å². The molecule has 0 aliphatic heterocycles. The minimum Gasteiger partial charge on any atom is -0.462 e. The first-order valence-electron chi connectivity index (χ1n) is 23.4. The third-order valence-electron chi connectivity index (χ3n) is 9.70. The van der Waals surface area contributed by atoms with Crippen molar-refractivity contribution in [2.75, 3.05) is 13.2 Å². The quantitative estimate of drug-likeness (QED) is 0.0265. The van der Waals surface area contributed by atoms with E-state index in [4.69, 9.17) is 14.2 Å². The van der Waals surface area contributed by atoms with E-state index in [-0.39, 0.29) is 37.5 Å². The van der Waals surface area contributed by atoms with Gasteiger partial charge in [-0.3, -0.25) is 14.4 Å². The third-order valence-corrected chi connectivity index (χ3v) is 9.70. The summed E-state index contributed by atoms with van der Waals surface area (Å²) in [6.07, 6.45) is 56.0. The van der Waals surface area contributed by atoms with Crippen LogP contribution < -0.4 is 0 Å². The van der Waals surface area contributed by atoms with Crippen LogP contribution in [0.15, 0.2) is 72.9 Å². The minimum absolute atomic E-state index is 0.0960. The summed E-state index contributed by atoms with van der Waals surface area (Å²) in [5, 5.41) is 0. The number of allylic oxidation sites excluding steroid dienone is 12. The maximum atomic E-state index is 12.7. The van der Waals surface area contributed by atoms with Crippen LogP contribution in [0.5, 0.6) is 0 Å². The molecule has 326 valence electrons. The Hall–Kier alpha value is -3.15. The van der Waals surface area contributed by atoms with Gasteiger partial charge in [-0.25, -0.2) is 0 Å². The molecule has 0 aliphatic rings. The van der Waals surface area contributed by atoms with Crippen LogP contribution in [0, 0.1) is 0 Å². The number of carbonyl (C=O) groups excluding carboxylic acids is 3. The van der Waals surface area contributed by atoms with Crippen LogP contribution in [0.2, 0.25) is 0 Å². The van der Waals surface area contributed by atoms with Gasteiger partial charge in [-0.2, -0.15) is 0 Å². The van der Waals surface area contributed by atoms with E-state index < -0.39 is 6.10 Å². The van der Waals surface area contributed by atoms with Gasteiger partial charge in [0.15, 0.2) is 6.10 Å². The predicted octanol–water partition coefficient (Wildman–Crippen LogP) is 15.1. The maximum absolute atomic E-state index is 12.7. The molecule has 0 unspecified atom stereocenters. The van der Waals surface area contributed by atoms with E-state index in [0.717, 1.165) is 103 Å². The van der Waals surface area contributed by atoms with Gasteiger partial charge >= 0.3 is 17.9 Å². The van der Waals surface area contributed by atoms with Crippen LogP contribution in [-0.2, 0) is 28.6 Å². The molecule has 0 heterocycles. The smallest absolute Gasteiger partial charge is 0.306 e. The second-order valence-corrected chi connectivity index (χ2v) is 15.3. The predicted molar refractivity (Wildman–Crippen MR) is 242 cm³/mol. The molecule has 0 aromatic heterocycles. The van der Waals surface area contributed by atoms with Crippen LogP contribution in [-0.4, -0.2) is 37.2 Å². The van der Waals surface area contributed by atoms with Crippen molar-refractivity contribution in [1.82, 2.24) is 0 Å². The second kappa shape index (κ2) is 45.6. The highest BCUT2D eigenvalue weighted by Crippen LogP contribution is 2.13. The number of hydrogen-bond donors (Lipinski definition) is 0. The van der Waals surface area contributed by atoms with Crippen molar-refractivity contribution in [1.29, 1.82) is 0 Å². The van der Waals surface area contributed by atoms with Gasteiger partial charge in [0.1, 0.15) is 13.2 Å². The molecule has 0 rings (SSSR count). The highest BCUT2D eigenvalue weighted by atomic mass is 16.6. The molecule has 0 amide bonds. The van der Waals surface area contributed by atoms with E-state index in [2.05, 4.69) is 93.7 Å². The molecule has 0 saturated carbocycles. The first-order valence-corrected chi connectivity index (χ1v) is 23.4. The van der Waals surface area contributed by atoms with Gasteiger partial charge in [-0.1, -0.05) is 177 Å². The van der Waals surface area contributed by atoms with E-state index >= 15 is 0 Å². The van der Waals surface area contributed by atoms with E-state index in [9.17, 15) is 14.4 Å². The highest BCUT2D eigenvalue weighted by Gasteiger charge is 2.19. The standard InChI is InChI=1S/C51H86O6/c1-4-7-10-13-16-19-21-23-25-27-29-32-35-38-41-44-50(53)56-47-48(46-55-49(52)43-40-37-34-31-18-15-12-9-6-3)57-51(54)45-42-39-36-33-30-28-26-24-22-20-17-14-11-8-5-2/h7,10,16-17,19-20,23-26,30,33,48H,4-6,8-9,11-15,18,21-22,27-29,31-32,34-47H2,1-3H3/b10-7-,19-16-,20-17-,25-23-,26-24-,33-30-/t48-/m1/s1. The second-order valence-electron chi connectivity index (χ2n) is 15.3. The summed E-state index contributed by atoms with van der Waals surface area (Å²) in [5.41, 5.74) is 0. The van der Waals surface area contributed by atoms with Crippen molar-refractivity contribution in [3.05, 3.63) is 72.9 Å². The summed E-state index contributed by atoms with van der Waals surface area (Å²) < 4.78 is 16.7. The van der Waals surface area contributed by atoms with Crippen molar-refractivity contribution in [3.8, 4) is 0 Å². The fraction of sp³-hybridized carbons (Fsp3) is 0.706. The Labute approximate surface area is 351 Å². The lowest BCUT2D eigenvalue weighted by molar-refractivity contribution is -0.167. The maximum Gasteiger partial charge on any atom is 0.306 e. The van der Waals surface area contributed by atoms with Crippen molar-refractivity contribution in [2.24, 2.45) is 0 Å². The lowest BCUT2D eigenvalue weighted by atomic mass is 10.1. The molecule has 0 radical (unpaired) electrons. The van der Waals surface area contributed by atoms with Gasteiger partial charge in [0.25, 0.3) is 0 Å². The monoisotopic (exact) mass is 795 g/mol. The first kappa shape index (κ1) is 53.9. The Morgan fingerprint density at radius 2 is 0.684 bits per heavy atom. The Morgan fingerprint density at radius 1 is 0.368 bits per heavy atom. The van der Waals surface area contributed by atoms with Crippen LogP contribution >= 0.6 is 0 Å². The van der Waals surface area contributed by atoms with Crippen LogP contribution in [0.3, 0.4) is 0 Å². The average molecular weight is 795 g/mol. The van der Waals surface area contributed by atoms with Gasteiger partial charge in [-0.15, -0.1) is 0 Å². The number of carbonyl (C=O) groups is 3. The summed E-state index contributed by atoms with van der Waals surface area (Å²) >= 11 is 0. The molecule has 0 spiro atoms. The molecule has 0 fully saturated rings. The zero-order chi connectivity index (χ0) is 41.5. The third kappa shape index (κ3) is 43.8. The van der Waals surface area contributed by atoms with Crippen molar-refractivity contribution < 1.29 is 28.6 Å². The largest absolute Gasteiger partial charge is 0.462 e. The minimum atomic E-state index is -0.798. The summed E-state index contributed by atoms with van der Waals surface area (Å²) in [6.45, 7) is 6.41. The summed E-state index contributed by atoms with van der Waals surface area (Å²) in [7, 11) is 0. The Kier molecular flexibility index (Phi) is 43.0. The fourth-order valence-corrected chi connectivity index (χ4v) is 6.17. The molecule has 0 aromatic rings. The molecule has 0 aromatic carbocycles. The molecule has 1 atom stereocenters. The zero-order valence-corrected chi connectivity index (χ0v) is 37.1. The van der Waals surface area contributed by atoms with Gasteiger partial charge in [0.2, 0.25) is 0 Å². The Balaban J connectivity index is 4.46. The number of rotatable bonds is 41. The van der Waals surface area contributed by atoms with E-state index in [1.165, 1.54) is 64.2 Å². The SMILES string of the molecule is CC/C=C\C/C=C\C/C=C\CCCCCCCC(=O)OC[C@@H](COC(=O)CCCCCCCCCCC)OC(=O)CCCC/C=C\C/C=C\C/C=C\CCCCC. The lowest BCUT2D eigenvalue weighted by Gasteiger charge is -2.18. The molecule has 0 N–H and O–H groups in total. The molecule has 0 bridgehead atoms. The number of ether oxygens (including phenoxy) is 3. The van der Waals surface area contributed by atoms with E-state index in [0.29, 0.717) is 19.3 Å². The zero-order valence-electron chi connectivity index (χ0n) is 37.1. The molecule has 6 heteroatoms. The van der Waals surface area contributed by atoms with E-state index in [1.54, 1.807) is 0 Å². The topological polar surface area (TPSA) is 78.9 Å². The highest BCUT2D eigenvalue weighted by molar-refractivity contribution is 5.71. The molecule has 57 heavy (non-hydrogen) atoms. The van der Waals surface area contributed by atoms with Crippen LogP contribution in [0.1, 0.15) is 213 Å². The molecule has 0 saturated heterocycles. The van der Waals surface area contributed by atoms with Gasteiger partial charge in [0, 0.05) is 19.3 Å². The van der Waals surface area contributed by atoms with Crippen molar-refractivity contribution in [2.45, 2.75) is 219 Å². The first-order chi connectivity index (χ1) is 28.0. The summed E-state index contributed by atoms with van der Waals surface area (Å²) in [5.74, 6) is -0.959. The van der Waals surface area contributed by atoms with Gasteiger partial charge < -0.3 is 14.2 Å². The van der Waals surface area contributed by atoms with E-state index in [1.807, 2.05) is 0 Å². The molecular formula is C51H86O6. The Morgan fingerprint density at radius 3 is 1.14 bits per heavy atom. The van der Waals surface area contributed by atoms with Crippen molar-refractivity contribution >= 4 is 17.9 Å². The van der Waals surface area contributed by atoms with Crippen LogP contribution in [0.4, 0.5) is 0 Å². The fourth-order valence-electron chi connectivity index (χ4n) is 6.17. The number of hydrogen-bond acceptors (Lipinski definition) is 6. The van der Waals surface area contributed by atoms with Gasteiger partial charge in [0.05, 0.1) is 0 Å². The lowest BCUT2D eigenvalue weighted by Crippen LogP contribution is -2.30. The molecule has 6 nitrogen and oxygen atoms in total. The van der Waals surface area contributed by atoms with Crippen LogP contribution in [0.25, 0.3) is 0 Å². The summed E-state index contributed by atoms with van der Waals surface area (Å²) in [6, 6.07) is 0. The van der Waals surface area contributed by atoms with Gasteiger partial charge in [-0.05, 0) is 89.9 Å². The average Bonchev–Trinajstić information content (AvgIpc) is 3.21.